The van der Waals surface area contributed by atoms with E-state index < -0.39 is 0 Å². The Morgan fingerprint density at radius 3 is 2.26 bits per heavy atom. The predicted octanol–water partition coefficient (Wildman–Crippen LogP) is 4.25. The van der Waals surface area contributed by atoms with Crippen LogP contribution in [0, 0.1) is 0 Å². The van der Waals surface area contributed by atoms with E-state index >= 15 is 0 Å². The molecule has 3 nitrogen and oxygen atoms in total. The summed E-state index contributed by atoms with van der Waals surface area (Å²) >= 11 is 0. The molecule has 1 N–H and O–H groups in total. The van der Waals surface area contributed by atoms with Gasteiger partial charge in [0, 0.05) is 31.2 Å². The number of hydrogen-bond acceptors (Lipinski definition) is 2. The highest BCUT2D eigenvalue weighted by Gasteiger charge is 2.39. The van der Waals surface area contributed by atoms with E-state index in [1.54, 1.807) is 18.1 Å². The molecule has 23 heavy (non-hydrogen) atoms. The van der Waals surface area contributed by atoms with Crippen LogP contribution in [0.5, 0.6) is 0 Å². The van der Waals surface area contributed by atoms with Crippen molar-refractivity contribution >= 4 is 11.6 Å². The molecule has 2 aliphatic heterocycles. The van der Waals surface area contributed by atoms with E-state index in [1.807, 2.05) is 12.1 Å². The number of nitrogens with zero attached hydrogens (tertiary/aromatic N) is 1. The molecular weight excluding hydrogens is 284 g/mol. The van der Waals surface area contributed by atoms with Gasteiger partial charge in [0.25, 0.3) is 0 Å². The Kier molecular flexibility index (Phi) is 3.98. The monoisotopic (exact) mass is 310 g/mol. The lowest BCUT2D eigenvalue weighted by Crippen LogP contribution is -2.40. The van der Waals surface area contributed by atoms with Gasteiger partial charge >= 0.3 is 0 Å². The second-order valence-electron chi connectivity index (χ2n) is 7.40. The molecule has 1 aliphatic carbocycles. The predicted molar refractivity (Wildman–Crippen MR) is 93.2 cm³/mol. The summed E-state index contributed by atoms with van der Waals surface area (Å²) in [4.78, 5) is 13.8. The van der Waals surface area contributed by atoms with Crippen molar-refractivity contribution in [3.05, 3.63) is 41.0 Å². The van der Waals surface area contributed by atoms with Gasteiger partial charge in [0.05, 0.1) is 0 Å². The Balaban J connectivity index is 1.42. The Hall–Kier alpha value is -1.61. The fourth-order valence-corrected chi connectivity index (χ4v) is 4.47. The zero-order valence-corrected chi connectivity index (χ0v) is 14.0. The minimum absolute atomic E-state index is 0.0108. The topological polar surface area (TPSA) is 32.3 Å². The van der Waals surface area contributed by atoms with Crippen molar-refractivity contribution in [2.45, 2.75) is 70.5 Å². The van der Waals surface area contributed by atoms with Crippen LogP contribution in [-0.4, -0.2) is 22.9 Å². The first-order valence-corrected chi connectivity index (χ1v) is 9.01. The average Bonchev–Trinajstić information content (AvgIpc) is 2.69. The third kappa shape index (κ3) is 3.07. The van der Waals surface area contributed by atoms with Crippen molar-refractivity contribution in [2.24, 2.45) is 0 Å². The van der Waals surface area contributed by atoms with Gasteiger partial charge in [0.15, 0.2) is 0 Å². The van der Waals surface area contributed by atoms with Crippen LogP contribution in [-0.2, 0) is 11.3 Å². The van der Waals surface area contributed by atoms with Gasteiger partial charge in [-0.3, -0.25) is 9.69 Å². The number of piperidine rings is 1. The summed E-state index contributed by atoms with van der Waals surface area (Å²) in [5.41, 5.74) is 5.85. The summed E-state index contributed by atoms with van der Waals surface area (Å²) in [6.07, 6.45) is 9.53. The number of carbonyl (C=O) groups excluding carboxylic acids is 1. The maximum atomic E-state index is 11.1. The van der Waals surface area contributed by atoms with E-state index in [9.17, 15) is 4.79 Å². The summed E-state index contributed by atoms with van der Waals surface area (Å²) in [5, 5.41) is 2.84. The molecule has 0 spiro atoms. The molecule has 122 valence electrons. The molecule has 2 saturated heterocycles. The minimum Gasteiger partial charge on any atom is -0.326 e. The summed E-state index contributed by atoms with van der Waals surface area (Å²) < 4.78 is 0. The van der Waals surface area contributed by atoms with Crippen LogP contribution < -0.4 is 5.32 Å². The van der Waals surface area contributed by atoms with Crippen molar-refractivity contribution in [2.75, 3.05) is 5.32 Å². The van der Waals surface area contributed by atoms with Crippen LogP contribution in [0.2, 0.25) is 0 Å². The third-order valence-electron chi connectivity index (χ3n) is 5.83. The molecule has 2 atom stereocenters. The fraction of sp³-hybridized carbons (Fsp3) is 0.550. The number of nitrogens with one attached hydrogen (secondary N) is 1. The van der Waals surface area contributed by atoms with Gasteiger partial charge in [-0.05, 0) is 62.6 Å². The first-order valence-electron chi connectivity index (χ1n) is 9.01. The van der Waals surface area contributed by atoms with Gasteiger partial charge in [0.2, 0.25) is 5.91 Å². The molecule has 3 heteroatoms. The van der Waals surface area contributed by atoms with Crippen LogP contribution in [0.15, 0.2) is 35.4 Å². The fourth-order valence-electron chi connectivity index (χ4n) is 4.47. The summed E-state index contributed by atoms with van der Waals surface area (Å²) in [6.45, 7) is 2.60. The highest BCUT2D eigenvalue weighted by atomic mass is 16.1. The van der Waals surface area contributed by atoms with Crippen LogP contribution in [0.3, 0.4) is 0 Å². The number of rotatable bonds is 3. The summed E-state index contributed by atoms with van der Waals surface area (Å²) in [5.74, 6) is -0.0108. The molecule has 3 fully saturated rings. The van der Waals surface area contributed by atoms with E-state index in [4.69, 9.17) is 0 Å². The molecular formula is C20H26N2O. The number of fused-ring (bicyclic) bond motifs is 2. The van der Waals surface area contributed by atoms with Crippen LogP contribution in [0.1, 0.15) is 57.4 Å². The standard InChI is InChI=1S/C20H26N2O/c1-14(23)21-18-7-5-15(6-8-18)13-22-19-9-10-20(22)12-17(11-19)16-3-2-4-16/h5-8,19-20H,2-4,9-13H2,1H3,(H,21,23). The zero-order valence-electron chi connectivity index (χ0n) is 14.0. The molecule has 1 aromatic carbocycles. The molecule has 1 aromatic rings. The van der Waals surface area contributed by atoms with E-state index in [1.165, 1.54) is 50.5 Å². The smallest absolute Gasteiger partial charge is 0.221 e. The minimum atomic E-state index is -0.0108. The highest BCUT2D eigenvalue weighted by Crippen LogP contribution is 2.43. The van der Waals surface area contributed by atoms with Crippen molar-refractivity contribution in [1.82, 2.24) is 4.90 Å². The number of anilines is 1. The Morgan fingerprint density at radius 1 is 1.09 bits per heavy atom. The normalized spacial score (nSPS) is 27.0. The van der Waals surface area contributed by atoms with E-state index in [-0.39, 0.29) is 5.91 Å². The number of amides is 1. The number of hydrogen-bond donors (Lipinski definition) is 1. The zero-order chi connectivity index (χ0) is 15.8. The van der Waals surface area contributed by atoms with Gasteiger partial charge in [-0.25, -0.2) is 0 Å². The largest absolute Gasteiger partial charge is 0.326 e. The lowest BCUT2D eigenvalue weighted by Gasteiger charge is -2.38. The Morgan fingerprint density at radius 2 is 1.74 bits per heavy atom. The first kappa shape index (κ1) is 14.9. The van der Waals surface area contributed by atoms with Gasteiger partial charge in [-0.1, -0.05) is 23.3 Å². The van der Waals surface area contributed by atoms with Crippen molar-refractivity contribution in [3.8, 4) is 0 Å². The Labute approximate surface area is 138 Å². The summed E-state index contributed by atoms with van der Waals surface area (Å²) in [7, 11) is 0. The van der Waals surface area contributed by atoms with Gasteiger partial charge in [-0.2, -0.15) is 0 Å². The average molecular weight is 310 g/mol. The molecule has 2 bridgehead atoms. The summed E-state index contributed by atoms with van der Waals surface area (Å²) in [6, 6.07) is 9.86. The molecule has 1 amide bonds. The lowest BCUT2D eigenvalue weighted by atomic mass is 9.82. The van der Waals surface area contributed by atoms with E-state index in [0.29, 0.717) is 0 Å². The maximum Gasteiger partial charge on any atom is 0.221 e. The number of allylic oxidation sites excluding steroid dienone is 1. The second-order valence-corrected chi connectivity index (χ2v) is 7.40. The van der Waals surface area contributed by atoms with Gasteiger partial charge in [0.1, 0.15) is 0 Å². The molecule has 0 radical (unpaired) electrons. The van der Waals surface area contributed by atoms with E-state index in [2.05, 4.69) is 22.3 Å². The van der Waals surface area contributed by atoms with Gasteiger partial charge in [-0.15, -0.1) is 0 Å². The quantitative estimate of drug-likeness (QED) is 0.846. The van der Waals surface area contributed by atoms with Crippen LogP contribution in [0.25, 0.3) is 0 Å². The number of benzene rings is 1. The first-order chi connectivity index (χ1) is 11.2. The third-order valence-corrected chi connectivity index (χ3v) is 5.83. The molecule has 1 saturated carbocycles. The van der Waals surface area contributed by atoms with Crippen LogP contribution >= 0.6 is 0 Å². The second kappa shape index (κ2) is 6.12. The molecule has 2 heterocycles. The SMILES string of the molecule is CC(=O)Nc1ccc(CN2C3CCC2CC(=C2CCC2)C3)cc1. The molecule has 0 aromatic heterocycles. The van der Waals surface area contributed by atoms with Crippen LogP contribution in [0.4, 0.5) is 5.69 Å². The van der Waals surface area contributed by atoms with Gasteiger partial charge < -0.3 is 5.32 Å². The number of carbonyl (C=O) groups is 1. The highest BCUT2D eigenvalue weighted by molar-refractivity contribution is 5.88. The maximum absolute atomic E-state index is 11.1. The molecule has 4 rings (SSSR count). The van der Waals surface area contributed by atoms with E-state index in [0.717, 1.165) is 24.3 Å². The molecule has 2 unspecified atom stereocenters. The van der Waals surface area contributed by atoms with Crippen molar-refractivity contribution in [1.29, 1.82) is 0 Å². The van der Waals surface area contributed by atoms with Crippen molar-refractivity contribution < 1.29 is 4.79 Å². The van der Waals surface area contributed by atoms with Crippen molar-refractivity contribution in [3.63, 3.8) is 0 Å². The molecule has 3 aliphatic rings. The Bertz CT molecular complexity index is 610. The lowest BCUT2D eigenvalue weighted by molar-refractivity contribution is -0.114.